The highest BCUT2D eigenvalue weighted by atomic mass is 19.1. The molecule has 2 rings (SSSR count). The molecule has 0 aliphatic rings. The molecule has 2 N–H and O–H groups in total. The lowest BCUT2D eigenvalue weighted by Crippen LogP contribution is -2.45. The molecule has 0 atom stereocenters. The Hall–Kier alpha value is -2.74. The minimum Gasteiger partial charge on any atom is -0.383 e. The number of rotatable bonds is 8. The molecule has 1 aromatic heterocycles. The number of aromatic nitrogens is 2. The van der Waals surface area contributed by atoms with E-state index in [1.807, 2.05) is 0 Å². The van der Waals surface area contributed by atoms with Crippen LogP contribution in [-0.2, 0) is 26.3 Å². The standard InChI is InChI=1S/C18H23FN4O3/c1-18(2,17(25)20-8-9-26-3)23-12-15(11-21-23)22-16(24)10-13-4-6-14(19)7-5-13/h4-7,11-12H,8-10H2,1-3H3,(H,20,25)(H,22,24). The number of halogens is 1. The molecular weight excluding hydrogens is 339 g/mol. The van der Waals surface area contributed by atoms with E-state index in [1.54, 1.807) is 39.3 Å². The second-order valence-electron chi connectivity index (χ2n) is 6.33. The molecule has 0 radical (unpaired) electrons. The van der Waals surface area contributed by atoms with E-state index >= 15 is 0 Å². The van der Waals surface area contributed by atoms with Crippen LogP contribution in [0.2, 0.25) is 0 Å². The second kappa shape index (κ2) is 8.57. The first-order valence-corrected chi connectivity index (χ1v) is 8.19. The first kappa shape index (κ1) is 19.6. The lowest BCUT2D eigenvalue weighted by molar-refractivity contribution is -0.129. The van der Waals surface area contributed by atoms with Crippen LogP contribution in [0.5, 0.6) is 0 Å². The highest BCUT2D eigenvalue weighted by Crippen LogP contribution is 2.17. The molecule has 0 fully saturated rings. The summed E-state index contributed by atoms with van der Waals surface area (Å²) in [6.45, 7) is 4.28. The maximum Gasteiger partial charge on any atom is 0.247 e. The molecule has 0 saturated carbocycles. The number of anilines is 1. The van der Waals surface area contributed by atoms with E-state index in [9.17, 15) is 14.0 Å². The van der Waals surface area contributed by atoms with E-state index < -0.39 is 5.54 Å². The fourth-order valence-electron chi connectivity index (χ4n) is 2.27. The molecule has 0 saturated heterocycles. The topological polar surface area (TPSA) is 85.2 Å². The Morgan fingerprint density at radius 1 is 1.27 bits per heavy atom. The van der Waals surface area contributed by atoms with Crippen molar-refractivity contribution in [1.29, 1.82) is 0 Å². The largest absolute Gasteiger partial charge is 0.383 e. The van der Waals surface area contributed by atoms with Crippen LogP contribution in [-0.4, -0.2) is 41.9 Å². The van der Waals surface area contributed by atoms with Crippen LogP contribution in [0.3, 0.4) is 0 Å². The average Bonchev–Trinajstić information content (AvgIpc) is 3.06. The van der Waals surface area contributed by atoms with Gasteiger partial charge in [-0.1, -0.05) is 12.1 Å². The fraction of sp³-hybridized carbons (Fsp3) is 0.389. The van der Waals surface area contributed by atoms with Crippen LogP contribution in [0.1, 0.15) is 19.4 Å². The van der Waals surface area contributed by atoms with Gasteiger partial charge in [-0.25, -0.2) is 4.39 Å². The third-order valence-electron chi connectivity index (χ3n) is 3.86. The lowest BCUT2D eigenvalue weighted by atomic mass is 10.1. The van der Waals surface area contributed by atoms with Crippen molar-refractivity contribution in [2.45, 2.75) is 25.8 Å². The van der Waals surface area contributed by atoms with Crippen molar-refractivity contribution in [2.75, 3.05) is 25.6 Å². The second-order valence-corrected chi connectivity index (χ2v) is 6.33. The molecule has 0 aliphatic carbocycles. The lowest BCUT2D eigenvalue weighted by Gasteiger charge is -2.24. The SMILES string of the molecule is COCCNC(=O)C(C)(C)n1cc(NC(=O)Cc2ccc(F)cc2)cn1. The van der Waals surface area contributed by atoms with E-state index in [0.29, 0.717) is 24.4 Å². The zero-order chi connectivity index (χ0) is 19.2. The van der Waals surface area contributed by atoms with E-state index in [-0.39, 0.29) is 24.1 Å². The van der Waals surface area contributed by atoms with Gasteiger partial charge < -0.3 is 15.4 Å². The summed E-state index contributed by atoms with van der Waals surface area (Å²) in [6.07, 6.45) is 3.19. The number of carbonyl (C=O) groups excluding carboxylic acids is 2. The molecule has 7 nitrogen and oxygen atoms in total. The van der Waals surface area contributed by atoms with Crippen LogP contribution in [0, 0.1) is 5.82 Å². The van der Waals surface area contributed by atoms with Gasteiger partial charge in [-0.2, -0.15) is 5.10 Å². The number of benzene rings is 1. The van der Waals surface area contributed by atoms with Crippen molar-refractivity contribution in [3.8, 4) is 0 Å². The highest BCUT2D eigenvalue weighted by molar-refractivity contribution is 5.92. The molecule has 0 spiro atoms. The van der Waals surface area contributed by atoms with Gasteiger partial charge in [-0.3, -0.25) is 14.3 Å². The van der Waals surface area contributed by atoms with E-state index in [0.717, 1.165) is 0 Å². The van der Waals surface area contributed by atoms with Gasteiger partial charge >= 0.3 is 0 Å². The van der Waals surface area contributed by atoms with Crippen molar-refractivity contribution in [1.82, 2.24) is 15.1 Å². The van der Waals surface area contributed by atoms with Crippen LogP contribution in [0.25, 0.3) is 0 Å². The number of methoxy groups -OCH3 is 1. The maximum atomic E-state index is 12.9. The molecule has 8 heteroatoms. The molecule has 0 unspecified atom stereocenters. The summed E-state index contributed by atoms with van der Waals surface area (Å²) in [5.41, 5.74) is 0.261. The third kappa shape index (κ3) is 5.13. The van der Waals surface area contributed by atoms with E-state index in [1.165, 1.54) is 23.0 Å². The van der Waals surface area contributed by atoms with Crippen LogP contribution < -0.4 is 10.6 Å². The molecule has 0 bridgehead atoms. The minimum absolute atomic E-state index is 0.117. The molecule has 140 valence electrons. The number of nitrogens with zero attached hydrogens (tertiary/aromatic N) is 2. The average molecular weight is 362 g/mol. The van der Waals surface area contributed by atoms with Gasteiger partial charge in [0.1, 0.15) is 11.4 Å². The van der Waals surface area contributed by atoms with Gasteiger partial charge in [0.15, 0.2) is 0 Å². The summed E-state index contributed by atoms with van der Waals surface area (Å²) in [5.74, 6) is -0.804. The minimum atomic E-state index is -0.923. The van der Waals surface area contributed by atoms with Gasteiger partial charge in [-0.15, -0.1) is 0 Å². The monoisotopic (exact) mass is 362 g/mol. The Kier molecular flexibility index (Phi) is 6.46. The number of carbonyl (C=O) groups is 2. The van der Waals surface area contributed by atoms with Crippen molar-refractivity contribution >= 4 is 17.5 Å². The number of ether oxygens (including phenoxy) is 1. The smallest absolute Gasteiger partial charge is 0.247 e. The van der Waals surface area contributed by atoms with E-state index in [4.69, 9.17) is 4.74 Å². The molecule has 1 aromatic carbocycles. The number of amides is 2. The Morgan fingerprint density at radius 2 is 1.96 bits per heavy atom. The first-order valence-electron chi connectivity index (χ1n) is 8.19. The Bertz CT molecular complexity index is 756. The predicted octanol–water partition coefficient (Wildman–Crippen LogP) is 1.70. The fourth-order valence-corrected chi connectivity index (χ4v) is 2.27. The predicted molar refractivity (Wildman–Crippen MR) is 95.2 cm³/mol. The number of hydrogen-bond acceptors (Lipinski definition) is 4. The molecule has 26 heavy (non-hydrogen) atoms. The van der Waals surface area contributed by atoms with Crippen molar-refractivity contribution in [3.05, 3.63) is 48.0 Å². The summed E-state index contributed by atoms with van der Waals surface area (Å²) in [7, 11) is 1.56. The Balaban J connectivity index is 1.96. The van der Waals surface area contributed by atoms with Crippen LogP contribution >= 0.6 is 0 Å². The zero-order valence-electron chi connectivity index (χ0n) is 15.1. The van der Waals surface area contributed by atoms with Gasteiger partial charge in [0, 0.05) is 19.9 Å². The first-order chi connectivity index (χ1) is 12.3. The zero-order valence-corrected chi connectivity index (χ0v) is 15.1. The van der Waals surface area contributed by atoms with Crippen molar-refractivity contribution in [3.63, 3.8) is 0 Å². The van der Waals surface area contributed by atoms with Crippen molar-refractivity contribution in [2.24, 2.45) is 0 Å². The number of nitrogens with one attached hydrogen (secondary N) is 2. The molecular formula is C18H23FN4O3. The summed E-state index contributed by atoms with van der Waals surface area (Å²) in [6, 6.07) is 5.74. The highest BCUT2D eigenvalue weighted by Gasteiger charge is 2.30. The summed E-state index contributed by atoms with van der Waals surface area (Å²) in [5, 5.41) is 9.66. The molecule has 2 amide bonds. The van der Waals surface area contributed by atoms with E-state index in [2.05, 4.69) is 15.7 Å². The van der Waals surface area contributed by atoms with Gasteiger partial charge in [0.2, 0.25) is 11.8 Å². The Morgan fingerprint density at radius 3 is 2.62 bits per heavy atom. The molecule has 0 aliphatic heterocycles. The maximum absolute atomic E-state index is 12.9. The van der Waals surface area contributed by atoms with Crippen molar-refractivity contribution < 1.29 is 18.7 Å². The third-order valence-corrected chi connectivity index (χ3v) is 3.86. The summed E-state index contributed by atoms with van der Waals surface area (Å²) in [4.78, 5) is 24.4. The Labute approximate surface area is 151 Å². The quantitative estimate of drug-likeness (QED) is 0.700. The summed E-state index contributed by atoms with van der Waals surface area (Å²) >= 11 is 0. The van der Waals surface area contributed by atoms with Gasteiger partial charge in [0.25, 0.3) is 0 Å². The van der Waals surface area contributed by atoms with Gasteiger partial charge in [-0.05, 0) is 31.5 Å². The van der Waals surface area contributed by atoms with Crippen LogP contribution in [0.4, 0.5) is 10.1 Å². The van der Waals surface area contributed by atoms with Gasteiger partial charge in [0.05, 0.1) is 24.9 Å². The normalized spacial score (nSPS) is 11.2. The van der Waals surface area contributed by atoms with Crippen LogP contribution in [0.15, 0.2) is 36.7 Å². The summed E-state index contributed by atoms with van der Waals surface area (Å²) < 4.78 is 19.3. The molecule has 2 aromatic rings. The molecule has 1 heterocycles. The number of hydrogen-bond donors (Lipinski definition) is 2.